The molecule has 9 heteroatoms. The molecule has 0 atom stereocenters. The van der Waals surface area contributed by atoms with E-state index in [4.69, 9.17) is 9.94 Å². The fraction of sp³-hybridized carbons (Fsp3) is 0.185. The summed E-state index contributed by atoms with van der Waals surface area (Å²) in [6.07, 6.45) is 2.43. The SMILES string of the molecule is COc1ccc2c(c1)c(CCNC(=O)Cc1cc(F)cc(F)c1)cn2Cc1ccc(C(=O)NO)cc1. The second-order valence-electron chi connectivity index (χ2n) is 8.36. The smallest absolute Gasteiger partial charge is 0.274 e. The Kier molecular flexibility index (Phi) is 7.60. The van der Waals surface area contributed by atoms with Gasteiger partial charge in [0.1, 0.15) is 17.4 Å². The number of aromatic nitrogens is 1. The summed E-state index contributed by atoms with van der Waals surface area (Å²) in [4.78, 5) is 23.9. The van der Waals surface area contributed by atoms with Crippen molar-refractivity contribution in [3.05, 3.63) is 101 Å². The zero-order valence-corrected chi connectivity index (χ0v) is 19.6. The number of benzene rings is 3. The Bertz CT molecular complexity index is 1380. The minimum absolute atomic E-state index is 0.117. The molecular formula is C27H25F2N3O4. The molecule has 7 nitrogen and oxygen atoms in total. The molecule has 0 radical (unpaired) electrons. The van der Waals surface area contributed by atoms with Gasteiger partial charge >= 0.3 is 0 Å². The van der Waals surface area contributed by atoms with Crippen LogP contribution in [-0.2, 0) is 24.2 Å². The maximum Gasteiger partial charge on any atom is 0.274 e. The molecule has 0 spiro atoms. The molecule has 1 aromatic heterocycles. The molecule has 4 aromatic rings. The Labute approximate surface area is 206 Å². The number of methoxy groups -OCH3 is 1. The average molecular weight is 494 g/mol. The fourth-order valence-corrected chi connectivity index (χ4v) is 4.13. The molecule has 3 N–H and O–H groups in total. The first-order chi connectivity index (χ1) is 17.4. The van der Waals surface area contributed by atoms with E-state index in [-0.39, 0.29) is 17.9 Å². The number of halogens is 2. The molecule has 4 rings (SSSR count). The minimum Gasteiger partial charge on any atom is -0.497 e. The standard InChI is InChI=1S/C27H25F2N3O4/c1-36-23-6-7-25-24(14-23)20(8-9-30-26(33)12-18-10-21(28)13-22(29)11-18)16-32(25)15-17-2-4-19(5-3-17)27(34)31-35/h2-7,10-11,13-14,16,35H,8-9,12,15H2,1H3,(H,30,33)(H,31,34). The van der Waals surface area contributed by atoms with Crippen molar-refractivity contribution >= 4 is 22.7 Å². The highest BCUT2D eigenvalue weighted by Gasteiger charge is 2.12. The van der Waals surface area contributed by atoms with Crippen molar-refractivity contribution in [2.75, 3.05) is 13.7 Å². The van der Waals surface area contributed by atoms with Gasteiger partial charge < -0.3 is 14.6 Å². The minimum atomic E-state index is -0.717. The number of carbonyl (C=O) groups is 2. The Morgan fingerprint density at radius 2 is 1.69 bits per heavy atom. The van der Waals surface area contributed by atoms with Crippen molar-refractivity contribution in [3.8, 4) is 5.75 Å². The third-order valence-corrected chi connectivity index (χ3v) is 5.84. The number of amides is 2. The number of hydrogen-bond donors (Lipinski definition) is 3. The van der Waals surface area contributed by atoms with E-state index in [9.17, 15) is 18.4 Å². The van der Waals surface area contributed by atoms with Gasteiger partial charge in [-0.05, 0) is 65.6 Å². The lowest BCUT2D eigenvalue weighted by Gasteiger charge is -2.07. The van der Waals surface area contributed by atoms with Gasteiger partial charge in [-0.1, -0.05) is 12.1 Å². The molecule has 2 amide bonds. The maximum atomic E-state index is 13.4. The Balaban J connectivity index is 1.48. The lowest BCUT2D eigenvalue weighted by Crippen LogP contribution is -2.27. The molecule has 0 saturated heterocycles. The van der Waals surface area contributed by atoms with Crippen LogP contribution in [0.25, 0.3) is 10.9 Å². The summed E-state index contributed by atoms with van der Waals surface area (Å²) in [5.74, 6) is -1.63. The predicted octanol–water partition coefficient (Wildman–Crippen LogP) is 4.00. The lowest BCUT2D eigenvalue weighted by molar-refractivity contribution is -0.120. The Morgan fingerprint density at radius 1 is 0.972 bits per heavy atom. The van der Waals surface area contributed by atoms with Crippen molar-refractivity contribution in [1.29, 1.82) is 0 Å². The van der Waals surface area contributed by atoms with Gasteiger partial charge in [-0.3, -0.25) is 14.8 Å². The summed E-state index contributed by atoms with van der Waals surface area (Å²) in [5.41, 5.74) is 5.17. The molecule has 0 saturated carbocycles. The van der Waals surface area contributed by atoms with Gasteiger partial charge in [-0.25, -0.2) is 14.3 Å². The van der Waals surface area contributed by atoms with Crippen LogP contribution in [0.5, 0.6) is 5.75 Å². The first-order valence-corrected chi connectivity index (χ1v) is 11.3. The van der Waals surface area contributed by atoms with Gasteiger partial charge in [-0.15, -0.1) is 0 Å². The third-order valence-electron chi connectivity index (χ3n) is 5.84. The van der Waals surface area contributed by atoms with Crippen LogP contribution >= 0.6 is 0 Å². The fourth-order valence-electron chi connectivity index (χ4n) is 4.13. The zero-order valence-electron chi connectivity index (χ0n) is 19.6. The molecule has 36 heavy (non-hydrogen) atoms. The quantitative estimate of drug-likeness (QED) is 0.243. The van der Waals surface area contributed by atoms with Crippen molar-refractivity contribution in [1.82, 2.24) is 15.4 Å². The second-order valence-corrected chi connectivity index (χ2v) is 8.36. The number of fused-ring (bicyclic) bond motifs is 1. The largest absolute Gasteiger partial charge is 0.497 e. The van der Waals surface area contributed by atoms with E-state index in [0.717, 1.165) is 40.2 Å². The summed E-state index contributed by atoms with van der Waals surface area (Å²) < 4.78 is 34.2. The molecule has 0 unspecified atom stereocenters. The number of nitrogens with zero attached hydrogens (tertiary/aromatic N) is 1. The van der Waals surface area contributed by atoms with Crippen LogP contribution in [0.2, 0.25) is 0 Å². The Morgan fingerprint density at radius 3 is 2.36 bits per heavy atom. The van der Waals surface area contributed by atoms with Crippen molar-refractivity contribution < 1.29 is 28.3 Å². The molecular weight excluding hydrogens is 468 g/mol. The number of carbonyl (C=O) groups excluding carboxylic acids is 2. The summed E-state index contributed by atoms with van der Waals surface area (Å²) in [6, 6.07) is 15.7. The second kappa shape index (κ2) is 11.0. The van der Waals surface area contributed by atoms with E-state index in [1.807, 2.05) is 36.5 Å². The summed E-state index contributed by atoms with van der Waals surface area (Å²) in [7, 11) is 1.59. The van der Waals surface area contributed by atoms with Gasteiger partial charge in [0.15, 0.2) is 0 Å². The number of hydrogen-bond acceptors (Lipinski definition) is 4. The van der Waals surface area contributed by atoms with Gasteiger partial charge in [-0.2, -0.15) is 0 Å². The molecule has 1 heterocycles. The van der Waals surface area contributed by atoms with E-state index in [1.54, 1.807) is 24.7 Å². The molecule has 0 aliphatic heterocycles. The third kappa shape index (κ3) is 5.87. The normalized spacial score (nSPS) is 10.9. The summed E-state index contributed by atoms with van der Waals surface area (Å²) in [5, 5.41) is 12.6. The van der Waals surface area contributed by atoms with Crippen molar-refractivity contribution in [3.63, 3.8) is 0 Å². The maximum absolute atomic E-state index is 13.4. The zero-order chi connectivity index (χ0) is 25.7. The van der Waals surface area contributed by atoms with Crippen LogP contribution < -0.4 is 15.5 Å². The monoisotopic (exact) mass is 493 g/mol. The number of rotatable bonds is 9. The van der Waals surface area contributed by atoms with Gasteiger partial charge in [0.05, 0.1) is 13.5 Å². The van der Waals surface area contributed by atoms with E-state index >= 15 is 0 Å². The van der Waals surface area contributed by atoms with E-state index < -0.39 is 17.5 Å². The van der Waals surface area contributed by atoms with E-state index in [2.05, 4.69) is 9.88 Å². The topological polar surface area (TPSA) is 92.6 Å². The number of hydroxylamine groups is 1. The number of nitrogens with one attached hydrogen (secondary N) is 2. The molecule has 0 aliphatic carbocycles. The molecule has 0 fully saturated rings. The first-order valence-electron chi connectivity index (χ1n) is 11.3. The van der Waals surface area contributed by atoms with Crippen LogP contribution in [0, 0.1) is 11.6 Å². The molecule has 3 aromatic carbocycles. The molecule has 0 aliphatic rings. The predicted molar refractivity (Wildman–Crippen MR) is 130 cm³/mol. The molecule has 0 bridgehead atoms. The summed E-state index contributed by atoms with van der Waals surface area (Å²) in [6.45, 7) is 0.888. The highest BCUT2D eigenvalue weighted by atomic mass is 19.1. The van der Waals surface area contributed by atoms with Gasteiger partial charge in [0.25, 0.3) is 5.91 Å². The van der Waals surface area contributed by atoms with Crippen molar-refractivity contribution in [2.24, 2.45) is 0 Å². The highest BCUT2D eigenvalue weighted by molar-refractivity contribution is 5.93. The Hall–Kier alpha value is -4.24. The average Bonchev–Trinajstić information content (AvgIpc) is 3.19. The highest BCUT2D eigenvalue weighted by Crippen LogP contribution is 2.27. The van der Waals surface area contributed by atoms with Crippen LogP contribution in [-0.4, -0.2) is 35.2 Å². The number of ether oxygens (including phenoxy) is 1. The van der Waals surface area contributed by atoms with E-state index in [0.29, 0.717) is 30.8 Å². The lowest BCUT2D eigenvalue weighted by atomic mass is 10.1. The van der Waals surface area contributed by atoms with E-state index in [1.165, 1.54) is 0 Å². The molecule has 186 valence electrons. The van der Waals surface area contributed by atoms with Gasteiger partial charge in [0, 0.05) is 41.8 Å². The van der Waals surface area contributed by atoms with Crippen LogP contribution in [0.15, 0.2) is 66.9 Å². The van der Waals surface area contributed by atoms with Crippen molar-refractivity contribution in [2.45, 2.75) is 19.4 Å². The first kappa shape index (κ1) is 24.9. The van der Waals surface area contributed by atoms with Crippen LogP contribution in [0.1, 0.15) is 27.0 Å². The summed E-state index contributed by atoms with van der Waals surface area (Å²) >= 11 is 0. The van der Waals surface area contributed by atoms with Crippen LogP contribution in [0.4, 0.5) is 8.78 Å². The van der Waals surface area contributed by atoms with Crippen LogP contribution in [0.3, 0.4) is 0 Å². The van der Waals surface area contributed by atoms with Gasteiger partial charge in [0.2, 0.25) is 5.91 Å².